The maximum Gasteiger partial charge on any atom is 0.163 e. The van der Waals surface area contributed by atoms with Gasteiger partial charge in [-0.25, -0.2) is 0 Å². The van der Waals surface area contributed by atoms with Crippen LogP contribution in [0.4, 0.5) is 0 Å². The van der Waals surface area contributed by atoms with Crippen LogP contribution in [0.2, 0.25) is 0 Å². The van der Waals surface area contributed by atoms with Crippen molar-refractivity contribution in [2.24, 2.45) is 0 Å². The first-order valence-electron chi connectivity index (χ1n) is 5.66. The number of benzene rings is 1. The van der Waals surface area contributed by atoms with Crippen LogP contribution in [0.15, 0.2) is 22.7 Å². The summed E-state index contributed by atoms with van der Waals surface area (Å²) in [6.07, 6.45) is 0.821. The molecular formula is C13H17BrO3. The van der Waals surface area contributed by atoms with Gasteiger partial charge in [0.15, 0.2) is 5.78 Å². The van der Waals surface area contributed by atoms with Crippen molar-refractivity contribution in [3.05, 3.63) is 28.2 Å². The van der Waals surface area contributed by atoms with Crippen molar-refractivity contribution in [3.8, 4) is 5.75 Å². The fourth-order valence-corrected chi connectivity index (χ4v) is 1.75. The Labute approximate surface area is 110 Å². The Morgan fingerprint density at radius 1 is 1.35 bits per heavy atom. The van der Waals surface area contributed by atoms with Gasteiger partial charge in [0.2, 0.25) is 0 Å². The summed E-state index contributed by atoms with van der Waals surface area (Å²) >= 11 is 3.34. The number of rotatable bonds is 7. The zero-order valence-electron chi connectivity index (χ0n) is 10.2. The van der Waals surface area contributed by atoms with Gasteiger partial charge in [-0.3, -0.25) is 4.79 Å². The third kappa shape index (κ3) is 4.88. The van der Waals surface area contributed by atoms with E-state index < -0.39 is 0 Å². The molecule has 0 aliphatic carbocycles. The van der Waals surface area contributed by atoms with Gasteiger partial charge in [-0.2, -0.15) is 0 Å². The molecule has 1 aromatic carbocycles. The average Bonchev–Trinajstić information content (AvgIpc) is 2.30. The molecule has 0 fully saturated rings. The van der Waals surface area contributed by atoms with Crippen LogP contribution in [0.5, 0.6) is 5.75 Å². The summed E-state index contributed by atoms with van der Waals surface area (Å²) in [6.45, 7) is 5.46. The summed E-state index contributed by atoms with van der Waals surface area (Å²) in [4.78, 5) is 11.4. The molecule has 0 heterocycles. The van der Waals surface area contributed by atoms with E-state index in [4.69, 9.17) is 9.47 Å². The smallest absolute Gasteiger partial charge is 0.163 e. The number of hydrogen-bond donors (Lipinski definition) is 0. The maximum atomic E-state index is 11.4. The Balaban J connectivity index is 2.55. The molecule has 0 radical (unpaired) electrons. The summed E-state index contributed by atoms with van der Waals surface area (Å²) < 4.78 is 11.7. The van der Waals surface area contributed by atoms with Gasteiger partial charge in [0, 0.05) is 24.1 Å². The van der Waals surface area contributed by atoms with Gasteiger partial charge in [0.25, 0.3) is 0 Å². The molecule has 4 heteroatoms. The van der Waals surface area contributed by atoms with E-state index in [-0.39, 0.29) is 5.78 Å². The standard InChI is InChI=1S/C13H17BrO3/c1-3-16-7-4-8-17-13-6-5-11(14)9-12(13)10(2)15/h5-6,9H,3-4,7-8H2,1-2H3. The van der Waals surface area contributed by atoms with Gasteiger partial charge >= 0.3 is 0 Å². The normalized spacial score (nSPS) is 10.3. The molecule has 0 unspecified atom stereocenters. The van der Waals surface area contributed by atoms with Crippen LogP contribution >= 0.6 is 15.9 Å². The number of Topliss-reactive ketones (excluding diaryl/α,β-unsaturated/α-hetero) is 1. The fourth-order valence-electron chi connectivity index (χ4n) is 1.39. The van der Waals surface area contributed by atoms with Crippen LogP contribution in [0, 0.1) is 0 Å². The largest absolute Gasteiger partial charge is 0.493 e. The molecule has 0 amide bonds. The Hall–Kier alpha value is -0.870. The van der Waals surface area contributed by atoms with Crippen LogP contribution in [0.1, 0.15) is 30.6 Å². The van der Waals surface area contributed by atoms with E-state index in [1.54, 1.807) is 6.07 Å². The number of carbonyl (C=O) groups is 1. The Kier molecular flexibility index (Phi) is 6.22. The molecule has 0 bridgehead atoms. The van der Waals surface area contributed by atoms with Gasteiger partial charge < -0.3 is 9.47 Å². The summed E-state index contributed by atoms with van der Waals surface area (Å²) in [5.41, 5.74) is 0.607. The molecule has 0 saturated carbocycles. The Bertz CT molecular complexity index is 377. The highest BCUT2D eigenvalue weighted by Gasteiger charge is 2.08. The molecule has 0 aliphatic heterocycles. The molecule has 0 aliphatic rings. The number of ether oxygens (including phenoxy) is 2. The van der Waals surface area contributed by atoms with E-state index in [0.29, 0.717) is 24.5 Å². The van der Waals surface area contributed by atoms with Crippen molar-refractivity contribution in [1.82, 2.24) is 0 Å². The molecule has 0 aromatic heterocycles. The molecule has 0 N–H and O–H groups in total. The van der Waals surface area contributed by atoms with Crippen LogP contribution in [-0.2, 0) is 4.74 Å². The quantitative estimate of drug-likeness (QED) is 0.571. The average molecular weight is 301 g/mol. The van der Waals surface area contributed by atoms with Gasteiger partial charge in [0.05, 0.1) is 12.2 Å². The lowest BCUT2D eigenvalue weighted by Crippen LogP contribution is -2.05. The van der Waals surface area contributed by atoms with E-state index in [1.807, 2.05) is 19.1 Å². The first-order valence-corrected chi connectivity index (χ1v) is 6.45. The number of halogens is 1. The third-order valence-corrected chi connectivity index (χ3v) is 2.71. The summed E-state index contributed by atoms with van der Waals surface area (Å²) in [6, 6.07) is 5.45. The highest BCUT2D eigenvalue weighted by atomic mass is 79.9. The van der Waals surface area contributed by atoms with E-state index in [1.165, 1.54) is 6.92 Å². The van der Waals surface area contributed by atoms with Crippen LogP contribution in [0.3, 0.4) is 0 Å². The molecular weight excluding hydrogens is 284 g/mol. The van der Waals surface area contributed by atoms with Crippen molar-refractivity contribution in [2.45, 2.75) is 20.3 Å². The zero-order valence-corrected chi connectivity index (χ0v) is 11.7. The molecule has 17 heavy (non-hydrogen) atoms. The van der Waals surface area contributed by atoms with Crippen molar-refractivity contribution in [3.63, 3.8) is 0 Å². The highest BCUT2D eigenvalue weighted by molar-refractivity contribution is 9.10. The van der Waals surface area contributed by atoms with Crippen molar-refractivity contribution < 1.29 is 14.3 Å². The predicted octanol–water partition coefficient (Wildman–Crippen LogP) is 3.46. The van der Waals surface area contributed by atoms with Crippen molar-refractivity contribution in [1.29, 1.82) is 0 Å². The van der Waals surface area contributed by atoms with Crippen LogP contribution in [-0.4, -0.2) is 25.6 Å². The van der Waals surface area contributed by atoms with Gasteiger partial charge in [-0.15, -0.1) is 0 Å². The second-order valence-electron chi connectivity index (χ2n) is 3.60. The van der Waals surface area contributed by atoms with E-state index in [0.717, 1.165) is 17.5 Å². The van der Waals surface area contributed by atoms with Gasteiger partial charge in [-0.05, 0) is 32.0 Å². The minimum Gasteiger partial charge on any atom is -0.493 e. The summed E-state index contributed by atoms with van der Waals surface area (Å²) in [7, 11) is 0. The SMILES string of the molecule is CCOCCCOc1ccc(Br)cc1C(C)=O. The fraction of sp³-hybridized carbons (Fsp3) is 0.462. The molecule has 0 spiro atoms. The van der Waals surface area contributed by atoms with E-state index in [2.05, 4.69) is 15.9 Å². The van der Waals surface area contributed by atoms with Crippen molar-refractivity contribution >= 4 is 21.7 Å². The molecule has 1 aromatic rings. The lowest BCUT2D eigenvalue weighted by Gasteiger charge is -2.10. The Morgan fingerprint density at radius 3 is 2.76 bits per heavy atom. The van der Waals surface area contributed by atoms with Crippen molar-refractivity contribution in [2.75, 3.05) is 19.8 Å². The second-order valence-corrected chi connectivity index (χ2v) is 4.51. The predicted molar refractivity (Wildman–Crippen MR) is 70.8 cm³/mol. The number of ketones is 1. The highest BCUT2D eigenvalue weighted by Crippen LogP contribution is 2.23. The molecule has 3 nitrogen and oxygen atoms in total. The van der Waals surface area contributed by atoms with E-state index >= 15 is 0 Å². The molecule has 0 atom stereocenters. The molecule has 1 rings (SSSR count). The first-order chi connectivity index (χ1) is 8.15. The zero-order chi connectivity index (χ0) is 12.7. The second kappa shape index (κ2) is 7.45. The van der Waals surface area contributed by atoms with Gasteiger partial charge in [0.1, 0.15) is 5.75 Å². The van der Waals surface area contributed by atoms with Crippen LogP contribution < -0.4 is 4.74 Å². The number of carbonyl (C=O) groups excluding carboxylic acids is 1. The Morgan fingerprint density at radius 2 is 2.12 bits per heavy atom. The van der Waals surface area contributed by atoms with E-state index in [9.17, 15) is 4.79 Å². The minimum absolute atomic E-state index is 0.00566. The molecule has 0 saturated heterocycles. The topological polar surface area (TPSA) is 35.5 Å². The summed E-state index contributed by atoms with van der Waals surface area (Å²) in [5.74, 6) is 0.642. The lowest BCUT2D eigenvalue weighted by molar-refractivity contribution is 0.101. The lowest BCUT2D eigenvalue weighted by atomic mass is 10.1. The maximum absolute atomic E-state index is 11.4. The van der Waals surface area contributed by atoms with Gasteiger partial charge in [-0.1, -0.05) is 15.9 Å². The third-order valence-electron chi connectivity index (χ3n) is 2.22. The summed E-state index contributed by atoms with van der Waals surface area (Å²) in [5, 5.41) is 0. The first kappa shape index (κ1) is 14.2. The monoisotopic (exact) mass is 300 g/mol. The minimum atomic E-state index is 0.00566. The molecule has 94 valence electrons. The number of hydrogen-bond acceptors (Lipinski definition) is 3. The van der Waals surface area contributed by atoms with Crippen LogP contribution in [0.25, 0.3) is 0 Å².